The summed E-state index contributed by atoms with van der Waals surface area (Å²) in [5, 5.41) is 7.80. The maximum atomic E-state index is 13.6. The summed E-state index contributed by atoms with van der Waals surface area (Å²) in [7, 11) is -1.53. The van der Waals surface area contributed by atoms with Crippen LogP contribution in [0.4, 0.5) is 4.79 Å². The van der Waals surface area contributed by atoms with E-state index in [0.29, 0.717) is 6.61 Å². The molecule has 0 bridgehead atoms. The van der Waals surface area contributed by atoms with Crippen molar-refractivity contribution in [3.05, 3.63) is 72.8 Å². The second-order valence-electron chi connectivity index (χ2n) is 13.2. The van der Waals surface area contributed by atoms with E-state index in [1.54, 1.807) is 26.8 Å². The van der Waals surface area contributed by atoms with Crippen LogP contribution in [0.2, 0.25) is 5.04 Å². The molecule has 0 radical (unpaired) electrons. The van der Waals surface area contributed by atoms with Crippen LogP contribution in [0.3, 0.4) is 0 Å². The summed E-state index contributed by atoms with van der Waals surface area (Å²) >= 11 is 0. The van der Waals surface area contributed by atoms with Gasteiger partial charge in [-0.2, -0.15) is 0 Å². The summed E-state index contributed by atoms with van der Waals surface area (Å²) in [5.74, 6) is -1.40. The molecule has 0 aromatic heterocycles. The molecule has 0 spiro atoms. The second-order valence-corrected chi connectivity index (χ2v) is 17.5. The fourth-order valence-electron chi connectivity index (χ4n) is 4.98. The Labute approximate surface area is 258 Å². The van der Waals surface area contributed by atoms with Gasteiger partial charge in [0.2, 0.25) is 5.91 Å². The lowest BCUT2D eigenvalue weighted by molar-refractivity contribution is -0.135. The highest BCUT2D eigenvalue weighted by Gasteiger charge is 2.50. The van der Waals surface area contributed by atoms with Crippen LogP contribution >= 0.6 is 0 Å². The highest BCUT2D eigenvalue weighted by Crippen LogP contribution is 2.37. The minimum absolute atomic E-state index is 0.221. The van der Waals surface area contributed by atoms with Gasteiger partial charge < -0.3 is 24.5 Å². The molecule has 2 aromatic rings. The van der Waals surface area contributed by atoms with Crippen molar-refractivity contribution in [2.24, 2.45) is 11.8 Å². The Bertz CT molecular complexity index is 1180. The molecular formula is C34H50N2O6Si. The van der Waals surface area contributed by atoms with E-state index < -0.39 is 44.0 Å². The van der Waals surface area contributed by atoms with Crippen LogP contribution in [0.25, 0.3) is 0 Å². The number of carbonyl (C=O) groups excluding carboxylic acids is 3. The molecule has 2 rings (SSSR count). The predicted octanol–water partition coefficient (Wildman–Crippen LogP) is 4.96. The Hall–Kier alpha value is -3.43. The van der Waals surface area contributed by atoms with Gasteiger partial charge in [-0.1, -0.05) is 108 Å². The highest BCUT2D eigenvalue weighted by atomic mass is 28.4. The van der Waals surface area contributed by atoms with Crippen molar-refractivity contribution in [1.82, 2.24) is 10.6 Å². The zero-order chi connectivity index (χ0) is 32.4. The first-order valence-corrected chi connectivity index (χ1v) is 16.7. The van der Waals surface area contributed by atoms with Gasteiger partial charge in [-0.25, -0.2) is 9.59 Å². The van der Waals surface area contributed by atoms with E-state index in [-0.39, 0.29) is 16.9 Å². The monoisotopic (exact) mass is 610 g/mol. The molecule has 0 fully saturated rings. The average molecular weight is 611 g/mol. The minimum Gasteiger partial charge on any atom is -0.466 e. The van der Waals surface area contributed by atoms with Crippen molar-refractivity contribution < 1.29 is 28.3 Å². The van der Waals surface area contributed by atoms with E-state index in [0.717, 1.165) is 10.4 Å². The van der Waals surface area contributed by atoms with Crippen molar-refractivity contribution in [2.75, 3.05) is 13.7 Å². The Morgan fingerprint density at radius 1 is 0.837 bits per heavy atom. The van der Waals surface area contributed by atoms with Crippen LogP contribution in [0.1, 0.15) is 62.3 Å². The lowest BCUT2D eigenvalue weighted by Crippen LogP contribution is -2.67. The summed E-state index contributed by atoms with van der Waals surface area (Å²) in [6.45, 7) is 17.9. The predicted molar refractivity (Wildman–Crippen MR) is 174 cm³/mol. The maximum Gasteiger partial charge on any atom is 0.408 e. The number of rotatable bonds is 12. The first-order chi connectivity index (χ1) is 20.0. The number of nitrogens with one attached hydrogen (secondary N) is 2. The molecular weight excluding hydrogens is 560 g/mol. The molecule has 9 heteroatoms. The van der Waals surface area contributed by atoms with Crippen molar-refractivity contribution in [3.8, 4) is 0 Å². The number of hydrogen-bond donors (Lipinski definition) is 2. The van der Waals surface area contributed by atoms with Crippen molar-refractivity contribution in [1.29, 1.82) is 0 Å². The number of hydrogen-bond acceptors (Lipinski definition) is 6. The van der Waals surface area contributed by atoms with Gasteiger partial charge >= 0.3 is 12.1 Å². The van der Waals surface area contributed by atoms with Crippen LogP contribution in [0.15, 0.2) is 72.8 Å². The van der Waals surface area contributed by atoms with Crippen molar-refractivity contribution in [3.63, 3.8) is 0 Å². The Morgan fingerprint density at radius 3 is 1.77 bits per heavy atom. The van der Waals surface area contributed by atoms with Gasteiger partial charge in [0.15, 0.2) is 0 Å². The molecule has 2 N–H and O–H groups in total. The van der Waals surface area contributed by atoms with E-state index in [4.69, 9.17) is 13.9 Å². The number of ether oxygens (including phenoxy) is 2. The third kappa shape index (κ3) is 10.1. The first-order valence-electron chi connectivity index (χ1n) is 14.8. The minimum atomic E-state index is -2.84. The smallest absolute Gasteiger partial charge is 0.408 e. The molecule has 0 saturated heterocycles. The molecule has 0 aliphatic rings. The van der Waals surface area contributed by atoms with Gasteiger partial charge in [0.25, 0.3) is 8.32 Å². The molecule has 2 aromatic carbocycles. The molecule has 43 heavy (non-hydrogen) atoms. The van der Waals surface area contributed by atoms with Crippen LogP contribution in [-0.2, 0) is 23.5 Å². The van der Waals surface area contributed by atoms with Gasteiger partial charge in [-0.15, -0.1) is 0 Å². The van der Waals surface area contributed by atoms with Crippen molar-refractivity contribution in [2.45, 2.75) is 85.0 Å². The van der Waals surface area contributed by atoms with E-state index in [1.165, 1.54) is 13.2 Å². The van der Waals surface area contributed by atoms with E-state index >= 15 is 0 Å². The highest BCUT2D eigenvalue weighted by molar-refractivity contribution is 6.99. The number of carbonyl (C=O) groups is 3. The topological polar surface area (TPSA) is 103 Å². The zero-order valence-electron chi connectivity index (χ0n) is 27.4. The lowest BCUT2D eigenvalue weighted by Gasteiger charge is -2.44. The number of amides is 2. The van der Waals surface area contributed by atoms with Crippen LogP contribution < -0.4 is 21.0 Å². The van der Waals surface area contributed by atoms with E-state index in [2.05, 4.69) is 55.7 Å². The number of methoxy groups -OCH3 is 1. The molecule has 0 unspecified atom stereocenters. The SMILES string of the molecule is COC(=O)/C=C/[C@H](NC(=O)[C@@H](NC(=O)OC(C)(C)C)C(C)C)[C@H](C)CO[Si](c1ccccc1)(c1ccccc1)C(C)(C)C. The van der Waals surface area contributed by atoms with Crippen molar-refractivity contribution >= 4 is 36.7 Å². The molecule has 0 heterocycles. The quantitative estimate of drug-likeness (QED) is 0.200. The first kappa shape index (κ1) is 35.8. The summed E-state index contributed by atoms with van der Waals surface area (Å²) in [6.07, 6.45) is 2.25. The summed E-state index contributed by atoms with van der Waals surface area (Å²) in [5.41, 5.74) is -0.708. The van der Waals surface area contributed by atoms with Crippen LogP contribution in [0.5, 0.6) is 0 Å². The molecule has 8 nitrogen and oxygen atoms in total. The standard InChI is InChI=1S/C34H50N2O6Si/c1-24(2)30(36-32(39)42-33(4,5)6)31(38)35-28(21-22-29(37)40-10)25(3)23-41-43(34(7,8)9,26-17-13-11-14-18-26)27-19-15-12-16-20-27/h11-22,24-25,28,30H,23H2,1-10H3,(H,35,38)(H,36,39)/b22-21+/t25-,28+,30+/m1/s1. The largest absolute Gasteiger partial charge is 0.466 e. The molecule has 3 atom stereocenters. The summed E-state index contributed by atoms with van der Waals surface area (Å²) < 4.78 is 17.3. The Morgan fingerprint density at radius 2 is 1.35 bits per heavy atom. The normalized spacial score (nSPS) is 14.6. The number of alkyl carbamates (subject to hydrolysis) is 1. The second kappa shape index (κ2) is 15.3. The van der Waals surface area contributed by atoms with Gasteiger partial charge in [-0.3, -0.25) is 4.79 Å². The molecule has 0 aliphatic heterocycles. The molecule has 236 valence electrons. The number of benzene rings is 2. The average Bonchev–Trinajstić information content (AvgIpc) is 2.93. The van der Waals surface area contributed by atoms with Crippen LogP contribution in [0, 0.1) is 11.8 Å². The van der Waals surface area contributed by atoms with Gasteiger partial charge in [0.1, 0.15) is 11.6 Å². The van der Waals surface area contributed by atoms with Gasteiger partial charge in [-0.05, 0) is 42.1 Å². The third-order valence-corrected chi connectivity index (χ3v) is 12.2. The van der Waals surface area contributed by atoms with Crippen LogP contribution in [-0.4, -0.2) is 57.7 Å². The molecule has 2 amide bonds. The Kier molecular flexibility index (Phi) is 12.8. The summed E-state index contributed by atoms with van der Waals surface area (Å²) in [6, 6.07) is 19.2. The zero-order valence-corrected chi connectivity index (χ0v) is 28.4. The maximum absolute atomic E-state index is 13.6. The van der Waals surface area contributed by atoms with Gasteiger partial charge in [0.05, 0.1) is 13.2 Å². The number of esters is 1. The summed E-state index contributed by atoms with van der Waals surface area (Å²) in [4.78, 5) is 38.1. The fraction of sp³-hybridized carbons (Fsp3) is 0.500. The molecule has 0 saturated carbocycles. The lowest BCUT2D eigenvalue weighted by atomic mass is 9.99. The van der Waals surface area contributed by atoms with E-state index in [9.17, 15) is 14.4 Å². The third-order valence-electron chi connectivity index (χ3n) is 7.16. The van der Waals surface area contributed by atoms with E-state index in [1.807, 2.05) is 57.2 Å². The van der Waals surface area contributed by atoms with Gasteiger partial charge in [0, 0.05) is 18.6 Å². The molecule has 0 aliphatic carbocycles. The Balaban J connectivity index is 2.43. The fourth-order valence-corrected chi connectivity index (χ4v) is 9.64.